The summed E-state index contributed by atoms with van der Waals surface area (Å²) in [5, 5.41) is 8.91. The van der Waals surface area contributed by atoms with E-state index in [1.54, 1.807) is 12.4 Å². The predicted octanol–water partition coefficient (Wildman–Crippen LogP) is 1.30. The van der Waals surface area contributed by atoms with Crippen molar-refractivity contribution in [2.24, 2.45) is 5.92 Å². The minimum Gasteiger partial charge on any atom is -0.382 e. The second-order valence-electron chi connectivity index (χ2n) is 4.22. The molecular formula is C12H16N6. The number of nitrogens with two attached hydrogens (primary N) is 1. The fourth-order valence-electron chi connectivity index (χ4n) is 1.88. The van der Waals surface area contributed by atoms with Crippen molar-refractivity contribution in [1.29, 1.82) is 5.26 Å². The molecule has 1 atom stereocenters. The van der Waals surface area contributed by atoms with Gasteiger partial charge in [-0.15, -0.1) is 0 Å². The molecule has 0 aliphatic heterocycles. The first-order chi connectivity index (χ1) is 8.65. The number of aromatic nitrogens is 3. The van der Waals surface area contributed by atoms with Gasteiger partial charge in [-0.3, -0.25) is 0 Å². The lowest BCUT2D eigenvalue weighted by atomic mass is 10.2. The molecule has 0 bridgehead atoms. The van der Waals surface area contributed by atoms with Crippen LogP contribution in [-0.2, 0) is 0 Å². The van der Waals surface area contributed by atoms with Gasteiger partial charge in [0, 0.05) is 25.5 Å². The van der Waals surface area contributed by atoms with Crippen LogP contribution in [0.5, 0.6) is 0 Å². The van der Waals surface area contributed by atoms with Crippen LogP contribution in [0.4, 0.5) is 11.6 Å². The van der Waals surface area contributed by atoms with Crippen molar-refractivity contribution in [3.63, 3.8) is 0 Å². The molecule has 2 aromatic heterocycles. The molecule has 0 aliphatic carbocycles. The van der Waals surface area contributed by atoms with Gasteiger partial charge in [-0.1, -0.05) is 0 Å². The highest BCUT2D eigenvalue weighted by Gasteiger charge is 2.15. The average molecular weight is 244 g/mol. The van der Waals surface area contributed by atoms with E-state index in [0.717, 1.165) is 18.0 Å². The van der Waals surface area contributed by atoms with Crippen LogP contribution in [0.25, 0.3) is 5.65 Å². The highest BCUT2D eigenvalue weighted by Crippen LogP contribution is 2.20. The summed E-state index contributed by atoms with van der Waals surface area (Å²) in [6.45, 7) is 5.28. The summed E-state index contributed by atoms with van der Waals surface area (Å²) in [7, 11) is 0. The van der Waals surface area contributed by atoms with E-state index < -0.39 is 0 Å². The molecule has 0 amide bonds. The average Bonchev–Trinajstić information content (AvgIpc) is 2.82. The van der Waals surface area contributed by atoms with Crippen molar-refractivity contribution in [2.75, 3.05) is 23.7 Å². The lowest BCUT2D eigenvalue weighted by Gasteiger charge is -2.23. The van der Waals surface area contributed by atoms with Gasteiger partial charge in [-0.25, -0.2) is 9.97 Å². The van der Waals surface area contributed by atoms with Gasteiger partial charge in [-0.2, -0.15) is 5.26 Å². The summed E-state index contributed by atoms with van der Waals surface area (Å²) in [5.74, 6) is 1.10. The minimum absolute atomic E-state index is 0.0665. The Bertz CT molecular complexity index is 582. The fourth-order valence-corrected chi connectivity index (χ4v) is 1.88. The molecule has 1 unspecified atom stereocenters. The third-order valence-corrected chi connectivity index (χ3v) is 2.77. The standard InChI is InChI=1S/C12H16N6/c1-3-17(7-9(2)6-13)12-11-15-4-5-18(11)8-10(14)16-12/h4-5,8-9H,3,7,14H2,1-2H3. The Kier molecular flexibility index (Phi) is 3.33. The van der Waals surface area contributed by atoms with Gasteiger partial charge in [0.2, 0.25) is 0 Å². The predicted molar refractivity (Wildman–Crippen MR) is 70.1 cm³/mol. The van der Waals surface area contributed by atoms with Crippen molar-refractivity contribution < 1.29 is 0 Å². The first kappa shape index (κ1) is 12.2. The maximum absolute atomic E-state index is 8.91. The molecule has 0 aromatic carbocycles. The van der Waals surface area contributed by atoms with Crippen LogP contribution in [0.15, 0.2) is 18.6 Å². The summed E-state index contributed by atoms with van der Waals surface area (Å²) >= 11 is 0. The second kappa shape index (κ2) is 4.92. The SMILES string of the molecule is CCN(CC(C)C#N)c1nc(N)cn2ccnc12. The van der Waals surface area contributed by atoms with E-state index in [1.807, 2.05) is 29.3 Å². The molecule has 0 radical (unpaired) electrons. The Morgan fingerprint density at radius 3 is 3.06 bits per heavy atom. The van der Waals surface area contributed by atoms with Crippen molar-refractivity contribution in [1.82, 2.24) is 14.4 Å². The van der Waals surface area contributed by atoms with Crippen LogP contribution in [0, 0.1) is 17.2 Å². The number of nitrogens with zero attached hydrogens (tertiary/aromatic N) is 5. The molecule has 0 spiro atoms. The first-order valence-corrected chi connectivity index (χ1v) is 5.89. The van der Waals surface area contributed by atoms with Gasteiger partial charge >= 0.3 is 0 Å². The summed E-state index contributed by atoms with van der Waals surface area (Å²) in [4.78, 5) is 10.6. The molecule has 6 nitrogen and oxygen atoms in total. The number of fused-ring (bicyclic) bond motifs is 1. The van der Waals surface area contributed by atoms with Crippen LogP contribution in [0.3, 0.4) is 0 Å². The number of rotatable bonds is 4. The van der Waals surface area contributed by atoms with Gasteiger partial charge < -0.3 is 15.0 Å². The normalized spacial score (nSPS) is 12.3. The summed E-state index contributed by atoms with van der Waals surface area (Å²) in [5.41, 5.74) is 6.55. The van der Waals surface area contributed by atoms with Crippen LogP contribution < -0.4 is 10.6 Å². The van der Waals surface area contributed by atoms with Crippen molar-refractivity contribution in [3.05, 3.63) is 18.6 Å². The van der Waals surface area contributed by atoms with Crippen molar-refractivity contribution in [3.8, 4) is 6.07 Å². The highest BCUT2D eigenvalue weighted by molar-refractivity contribution is 5.66. The largest absolute Gasteiger partial charge is 0.382 e. The summed E-state index contributed by atoms with van der Waals surface area (Å²) in [6, 6.07) is 2.23. The first-order valence-electron chi connectivity index (χ1n) is 5.89. The Labute approximate surface area is 106 Å². The number of hydrogen-bond donors (Lipinski definition) is 1. The monoisotopic (exact) mass is 244 g/mol. The maximum Gasteiger partial charge on any atom is 0.180 e. The molecule has 0 saturated carbocycles. The Morgan fingerprint density at radius 1 is 1.61 bits per heavy atom. The highest BCUT2D eigenvalue weighted by atomic mass is 15.2. The molecule has 2 N–H and O–H groups in total. The quantitative estimate of drug-likeness (QED) is 0.876. The van der Waals surface area contributed by atoms with Gasteiger partial charge in [0.05, 0.1) is 18.2 Å². The van der Waals surface area contributed by atoms with Gasteiger partial charge in [-0.05, 0) is 13.8 Å². The van der Waals surface area contributed by atoms with Gasteiger partial charge in [0.1, 0.15) is 5.82 Å². The zero-order valence-corrected chi connectivity index (χ0v) is 10.5. The topological polar surface area (TPSA) is 83.2 Å². The molecular weight excluding hydrogens is 228 g/mol. The number of imidazole rings is 1. The number of anilines is 2. The number of hydrogen-bond acceptors (Lipinski definition) is 5. The van der Waals surface area contributed by atoms with Crippen LogP contribution >= 0.6 is 0 Å². The van der Waals surface area contributed by atoms with Crippen molar-refractivity contribution in [2.45, 2.75) is 13.8 Å². The van der Waals surface area contributed by atoms with E-state index >= 15 is 0 Å². The lowest BCUT2D eigenvalue weighted by Crippen LogP contribution is -2.29. The third kappa shape index (κ3) is 2.20. The summed E-state index contributed by atoms with van der Waals surface area (Å²) in [6.07, 6.45) is 5.27. The molecule has 0 aliphatic rings. The summed E-state index contributed by atoms with van der Waals surface area (Å²) < 4.78 is 1.84. The number of nitrogen functional groups attached to an aromatic ring is 1. The van der Waals surface area contributed by atoms with E-state index in [-0.39, 0.29) is 5.92 Å². The van der Waals surface area contributed by atoms with E-state index in [1.165, 1.54) is 0 Å². The Morgan fingerprint density at radius 2 is 2.39 bits per heavy atom. The van der Waals surface area contributed by atoms with E-state index in [0.29, 0.717) is 12.4 Å². The molecule has 2 rings (SSSR count). The maximum atomic E-state index is 8.91. The lowest BCUT2D eigenvalue weighted by molar-refractivity contribution is 0.680. The van der Waals surface area contributed by atoms with E-state index in [2.05, 4.69) is 16.0 Å². The van der Waals surface area contributed by atoms with Crippen LogP contribution in [0.2, 0.25) is 0 Å². The minimum atomic E-state index is -0.0665. The molecule has 2 aromatic rings. The molecule has 0 saturated heterocycles. The molecule has 0 fully saturated rings. The number of nitriles is 1. The zero-order chi connectivity index (χ0) is 13.1. The van der Waals surface area contributed by atoms with E-state index in [9.17, 15) is 0 Å². The van der Waals surface area contributed by atoms with Crippen LogP contribution in [-0.4, -0.2) is 27.5 Å². The molecule has 2 heterocycles. The fraction of sp³-hybridized carbons (Fsp3) is 0.417. The Hall–Kier alpha value is -2.29. The van der Waals surface area contributed by atoms with Gasteiger partial charge in [0.15, 0.2) is 11.5 Å². The smallest absolute Gasteiger partial charge is 0.180 e. The van der Waals surface area contributed by atoms with Crippen LogP contribution in [0.1, 0.15) is 13.8 Å². The van der Waals surface area contributed by atoms with Crippen molar-refractivity contribution >= 4 is 17.3 Å². The second-order valence-corrected chi connectivity index (χ2v) is 4.22. The third-order valence-electron chi connectivity index (χ3n) is 2.77. The molecule has 18 heavy (non-hydrogen) atoms. The Balaban J connectivity index is 2.44. The zero-order valence-electron chi connectivity index (χ0n) is 10.5. The van der Waals surface area contributed by atoms with E-state index in [4.69, 9.17) is 11.0 Å². The molecule has 94 valence electrons. The van der Waals surface area contributed by atoms with Gasteiger partial charge in [0.25, 0.3) is 0 Å². The molecule has 6 heteroatoms.